The van der Waals surface area contributed by atoms with Crippen molar-refractivity contribution in [2.75, 3.05) is 11.9 Å². The van der Waals surface area contributed by atoms with Gasteiger partial charge in [0, 0.05) is 12.2 Å². The van der Waals surface area contributed by atoms with Crippen LogP contribution in [0.25, 0.3) is 0 Å². The Morgan fingerprint density at radius 1 is 1.35 bits per heavy atom. The number of aryl methyl sites for hydroxylation is 1. The molecule has 1 aromatic carbocycles. The maximum atomic E-state index is 11.7. The van der Waals surface area contributed by atoms with E-state index < -0.39 is 5.97 Å². The van der Waals surface area contributed by atoms with Crippen LogP contribution in [0.4, 0.5) is 10.5 Å². The summed E-state index contributed by atoms with van der Waals surface area (Å²) in [6, 6.07) is 4.41. The summed E-state index contributed by atoms with van der Waals surface area (Å²) in [6.45, 7) is 2.46. The topological polar surface area (TPSA) is 78.4 Å². The summed E-state index contributed by atoms with van der Waals surface area (Å²) in [4.78, 5) is 22.6. The molecule has 0 aliphatic heterocycles. The molecule has 1 aliphatic rings. The van der Waals surface area contributed by atoms with Crippen molar-refractivity contribution in [3.63, 3.8) is 0 Å². The zero-order valence-electron chi connectivity index (χ0n) is 11.6. The fraction of sp³-hybridized carbons (Fsp3) is 0.467. The maximum Gasteiger partial charge on any atom is 0.335 e. The minimum Gasteiger partial charge on any atom is -0.478 e. The molecular formula is C15H20N2O3. The monoisotopic (exact) mass is 276 g/mol. The quantitative estimate of drug-likeness (QED) is 0.773. The number of anilines is 1. The molecule has 5 heteroatoms. The molecule has 2 rings (SSSR count). The molecule has 5 nitrogen and oxygen atoms in total. The van der Waals surface area contributed by atoms with E-state index in [2.05, 4.69) is 10.6 Å². The van der Waals surface area contributed by atoms with Gasteiger partial charge in [0.2, 0.25) is 0 Å². The second kappa shape index (κ2) is 6.41. The number of carboxylic acids is 1. The summed E-state index contributed by atoms with van der Waals surface area (Å²) < 4.78 is 0. The molecule has 0 heterocycles. The van der Waals surface area contributed by atoms with Crippen molar-refractivity contribution in [3.05, 3.63) is 29.3 Å². The van der Waals surface area contributed by atoms with Gasteiger partial charge in [0.05, 0.1) is 5.56 Å². The smallest absolute Gasteiger partial charge is 0.335 e. The number of hydrogen-bond acceptors (Lipinski definition) is 2. The van der Waals surface area contributed by atoms with E-state index >= 15 is 0 Å². The lowest BCUT2D eigenvalue weighted by Gasteiger charge is -2.25. The average molecular weight is 276 g/mol. The molecule has 2 amide bonds. The molecule has 0 radical (unpaired) electrons. The summed E-state index contributed by atoms with van der Waals surface area (Å²) >= 11 is 0. The van der Waals surface area contributed by atoms with Crippen LogP contribution in [0.1, 0.15) is 41.6 Å². The van der Waals surface area contributed by atoms with E-state index in [1.807, 2.05) is 0 Å². The number of aromatic carboxylic acids is 1. The molecule has 0 atom stereocenters. The minimum absolute atomic E-state index is 0.221. The predicted molar refractivity (Wildman–Crippen MR) is 77.1 cm³/mol. The molecular weight excluding hydrogens is 256 g/mol. The molecule has 0 bridgehead atoms. The van der Waals surface area contributed by atoms with E-state index in [0.717, 1.165) is 17.9 Å². The predicted octanol–water partition coefficient (Wildman–Crippen LogP) is 3.00. The molecule has 20 heavy (non-hydrogen) atoms. The van der Waals surface area contributed by atoms with Gasteiger partial charge in [0.15, 0.2) is 0 Å². The van der Waals surface area contributed by atoms with E-state index in [9.17, 15) is 9.59 Å². The van der Waals surface area contributed by atoms with Crippen LogP contribution in [0.2, 0.25) is 0 Å². The Morgan fingerprint density at radius 2 is 2.10 bits per heavy atom. The Balaban J connectivity index is 1.82. The van der Waals surface area contributed by atoms with Gasteiger partial charge in [0.1, 0.15) is 0 Å². The summed E-state index contributed by atoms with van der Waals surface area (Å²) in [6.07, 6.45) is 4.90. The number of amides is 2. The van der Waals surface area contributed by atoms with Crippen LogP contribution in [0.5, 0.6) is 0 Å². The summed E-state index contributed by atoms with van der Waals surface area (Å²) in [5, 5.41) is 14.5. The third-order valence-electron chi connectivity index (χ3n) is 3.78. The Labute approximate surface area is 118 Å². The van der Waals surface area contributed by atoms with Crippen molar-refractivity contribution in [1.82, 2.24) is 5.32 Å². The highest BCUT2D eigenvalue weighted by molar-refractivity contribution is 5.92. The number of nitrogens with one attached hydrogen (secondary N) is 2. The Bertz CT molecular complexity index is 510. The van der Waals surface area contributed by atoms with E-state index in [0.29, 0.717) is 12.2 Å². The molecule has 1 aliphatic carbocycles. The molecule has 1 aromatic rings. The van der Waals surface area contributed by atoms with Crippen LogP contribution in [0, 0.1) is 12.8 Å². The van der Waals surface area contributed by atoms with E-state index in [1.54, 1.807) is 19.1 Å². The summed E-state index contributed by atoms with van der Waals surface area (Å²) in [7, 11) is 0. The standard InChI is InChI=1S/C15H20N2O3/c1-10-9-12(14(18)19)5-6-13(10)17-15(20)16-8-7-11-3-2-4-11/h5-6,9,11H,2-4,7-8H2,1H3,(H,18,19)(H2,16,17,20). The van der Waals surface area contributed by atoms with E-state index in [-0.39, 0.29) is 11.6 Å². The normalized spacial score (nSPS) is 14.4. The molecule has 0 aromatic heterocycles. The van der Waals surface area contributed by atoms with Crippen LogP contribution in [-0.4, -0.2) is 23.7 Å². The summed E-state index contributed by atoms with van der Waals surface area (Å²) in [5.41, 5.74) is 1.59. The third-order valence-corrected chi connectivity index (χ3v) is 3.78. The van der Waals surface area contributed by atoms with Gasteiger partial charge < -0.3 is 15.7 Å². The second-order valence-corrected chi connectivity index (χ2v) is 5.30. The Kier molecular flexibility index (Phi) is 4.61. The molecule has 108 valence electrons. The van der Waals surface area contributed by atoms with Crippen LogP contribution in [-0.2, 0) is 0 Å². The first kappa shape index (κ1) is 14.4. The highest BCUT2D eigenvalue weighted by Gasteiger charge is 2.17. The van der Waals surface area contributed by atoms with Crippen LogP contribution >= 0.6 is 0 Å². The first-order valence-corrected chi connectivity index (χ1v) is 6.95. The number of carbonyl (C=O) groups excluding carboxylic acids is 1. The molecule has 1 saturated carbocycles. The van der Waals surface area contributed by atoms with Gasteiger partial charge in [-0.3, -0.25) is 0 Å². The number of carboxylic acid groups (broad SMARTS) is 1. The largest absolute Gasteiger partial charge is 0.478 e. The van der Waals surface area contributed by atoms with Crippen molar-refractivity contribution >= 4 is 17.7 Å². The van der Waals surface area contributed by atoms with Crippen LogP contribution < -0.4 is 10.6 Å². The number of benzene rings is 1. The first-order chi connectivity index (χ1) is 9.56. The fourth-order valence-corrected chi connectivity index (χ4v) is 2.27. The highest BCUT2D eigenvalue weighted by Crippen LogP contribution is 2.28. The third kappa shape index (κ3) is 3.73. The maximum absolute atomic E-state index is 11.7. The van der Waals surface area contributed by atoms with E-state index in [1.165, 1.54) is 25.3 Å². The minimum atomic E-state index is -0.968. The first-order valence-electron chi connectivity index (χ1n) is 6.95. The zero-order chi connectivity index (χ0) is 14.5. The highest BCUT2D eigenvalue weighted by atomic mass is 16.4. The number of urea groups is 1. The Morgan fingerprint density at radius 3 is 2.65 bits per heavy atom. The number of rotatable bonds is 5. The Hall–Kier alpha value is -2.04. The molecule has 0 spiro atoms. The fourth-order valence-electron chi connectivity index (χ4n) is 2.27. The SMILES string of the molecule is Cc1cc(C(=O)O)ccc1NC(=O)NCCC1CCC1. The number of hydrogen-bond donors (Lipinski definition) is 3. The van der Waals surface area contributed by atoms with Gasteiger partial charge in [-0.15, -0.1) is 0 Å². The lowest BCUT2D eigenvalue weighted by atomic mass is 9.83. The van der Waals surface area contributed by atoms with Gasteiger partial charge in [-0.2, -0.15) is 0 Å². The number of carbonyl (C=O) groups is 2. The summed E-state index contributed by atoms with van der Waals surface area (Å²) in [5.74, 6) is -0.198. The lowest BCUT2D eigenvalue weighted by Crippen LogP contribution is -2.31. The van der Waals surface area contributed by atoms with Crippen LogP contribution in [0.3, 0.4) is 0 Å². The van der Waals surface area contributed by atoms with Crippen LogP contribution in [0.15, 0.2) is 18.2 Å². The van der Waals surface area contributed by atoms with Gasteiger partial charge in [-0.1, -0.05) is 19.3 Å². The molecule has 0 unspecified atom stereocenters. The van der Waals surface area contributed by atoms with Crippen molar-refractivity contribution in [2.24, 2.45) is 5.92 Å². The van der Waals surface area contributed by atoms with Crippen molar-refractivity contribution in [3.8, 4) is 0 Å². The van der Waals surface area contributed by atoms with E-state index in [4.69, 9.17) is 5.11 Å². The second-order valence-electron chi connectivity index (χ2n) is 5.30. The van der Waals surface area contributed by atoms with Crippen molar-refractivity contribution < 1.29 is 14.7 Å². The molecule has 0 saturated heterocycles. The lowest BCUT2D eigenvalue weighted by molar-refractivity contribution is 0.0697. The van der Waals surface area contributed by atoms with Gasteiger partial charge >= 0.3 is 12.0 Å². The average Bonchev–Trinajstić information content (AvgIpc) is 2.34. The molecule has 1 fully saturated rings. The van der Waals surface area contributed by atoms with Crippen molar-refractivity contribution in [1.29, 1.82) is 0 Å². The zero-order valence-corrected chi connectivity index (χ0v) is 11.6. The van der Waals surface area contributed by atoms with Gasteiger partial charge in [0.25, 0.3) is 0 Å². The molecule has 3 N–H and O–H groups in total. The van der Waals surface area contributed by atoms with Gasteiger partial charge in [-0.25, -0.2) is 9.59 Å². The van der Waals surface area contributed by atoms with Crippen molar-refractivity contribution in [2.45, 2.75) is 32.6 Å². The van der Waals surface area contributed by atoms with Gasteiger partial charge in [-0.05, 0) is 43.0 Å².